The summed E-state index contributed by atoms with van der Waals surface area (Å²) < 4.78 is 5.12. The highest BCUT2D eigenvalue weighted by Gasteiger charge is 2.38. The first-order valence-corrected chi connectivity index (χ1v) is 9.07. The molecule has 1 aliphatic heterocycles. The molecular weight excluding hydrogens is 344 g/mol. The highest BCUT2D eigenvalue weighted by molar-refractivity contribution is 5.90. The third-order valence-corrected chi connectivity index (χ3v) is 5.31. The number of non-ortho nitro benzene ring substituents is 1. The van der Waals surface area contributed by atoms with Crippen LogP contribution >= 0.6 is 0 Å². The Labute approximate surface area is 157 Å². The number of allylic oxidation sites excluding steroid dienone is 2. The molecule has 0 saturated carbocycles. The SMILES string of the molecule is CCOC(=O)c1ccc2c(c1)[C@H]1C=CC[C@H]1[C@@H](c1cccc([N+](=O)[O-])c1)N2. The lowest BCUT2D eigenvalue weighted by Gasteiger charge is -2.37. The van der Waals surface area contributed by atoms with Crippen LogP contribution in [-0.4, -0.2) is 17.5 Å². The lowest BCUT2D eigenvalue weighted by molar-refractivity contribution is -0.384. The van der Waals surface area contributed by atoms with E-state index in [1.54, 1.807) is 25.1 Å². The molecule has 1 heterocycles. The minimum absolute atomic E-state index is 0.0224. The average Bonchev–Trinajstić information content (AvgIpc) is 3.17. The Balaban J connectivity index is 1.71. The lowest BCUT2D eigenvalue weighted by Crippen LogP contribution is -2.29. The van der Waals surface area contributed by atoms with Crippen molar-refractivity contribution in [1.29, 1.82) is 0 Å². The summed E-state index contributed by atoms with van der Waals surface area (Å²) in [4.78, 5) is 22.9. The van der Waals surface area contributed by atoms with Gasteiger partial charge in [-0.3, -0.25) is 10.1 Å². The first-order chi connectivity index (χ1) is 13.1. The van der Waals surface area contributed by atoms with Crippen molar-refractivity contribution in [3.63, 3.8) is 0 Å². The fraction of sp³-hybridized carbons (Fsp3) is 0.286. The molecule has 4 rings (SSSR count). The molecule has 3 atom stereocenters. The number of nitrogens with one attached hydrogen (secondary N) is 1. The summed E-state index contributed by atoms with van der Waals surface area (Å²) in [5, 5.41) is 14.7. The summed E-state index contributed by atoms with van der Waals surface area (Å²) in [6.07, 6.45) is 5.20. The Morgan fingerprint density at radius 2 is 2.15 bits per heavy atom. The molecule has 138 valence electrons. The van der Waals surface area contributed by atoms with E-state index in [1.807, 2.05) is 18.2 Å². The second-order valence-electron chi connectivity index (χ2n) is 6.85. The Kier molecular flexibility index (Phi) is 4.39. The molecule has 0 aromatic heterocycles. The van der Waals surface area contributed by atoms with Crippen LogP contribution in [0.4, 0.5) is 11.4 Å². The van der Waals surface area contributed by atoms with Gasteiger partial charge in [0.15, 0.2) is 0 Å². The van der Waals surface area contributed by atoms with E-state index in [-0.39, 0.29) is 34.5 Å². The minimum Gasteiger partial charge on any atom is -0.462 e. The number of nitro groups is 1. The summed E-state index contributed by atoms with van der Waals surface area (Å²) in [7, 11) is 0. The van der Waals surface area contributed by atoms with E-state index in [0.717, 1.165) is 23.2 Å². The standard InChI is InChI=1S/C21H20N2O4/c1-2-27-21(24)14-9-10-19-18(12-14)16-7-4-8-17(16)20(22-19)13-5-3-6-15(11-13)23(25)26/h3-7,9-12,16-17,20,22H,2,8H2,1H3/t16-,17+,20+/m0/s1. The first-order valence-electron chi connectivity index (χ1n) is 9.07. The van der Waals surface area contributed by atoms with Crippen LogP contribution < -0.4 is 5.32 Å². The van der Waals surface area contributed by atoms with Crippen molar-refractivity contribution in [3.05, 3.63) is 81.4 Å². The Hall–Kier alpha value is -3.15. The number of carbonyl (C=O) groups excluding carboxylic acids is 1. The number of hydrogen-bond acceptors (Lipinski definition) is 5. The molecule has 0 saturated heterocycles. The van der Waals surface area contributed by atoms with E-state index in [4.69, 9.17) is 4.74 Å². The van der Waals surface area contributed by atoms with Crippen LogP contribution in [0, 0.1) is 16.0 Å². The van der Waals surface area contributed by atoms with Gasteiger partial charge in [0, 0.05) is 23.7 Å². The average molecular weight is 364 g/mol. The number of fused-ring (bicyclic) bond motifs is 3. The molecule has 6 nitrogen and oxygen atoms in total. The van der Waals surface area contributed by atoms with Crippen LogP contribution in [0.25, 0.3) is 0 Å². The van der Waals surface area contributed by atoms with E-state index in [0.29, 0.717) is 12.2 Å². The van der Waals surface area contributed by atoms with Crippen molar-refractivity contribution < 1.29 is 14.5 Å². The second-order valence-corrected chi connectivity index (χ2v) is 6.85. The summed E-state index contributed by atoms with van der Waals surface area (Å²) in [6, 6.07) is 12.3. The van der Waals surface area contributed by atoms with Gasteiger partial charge < -0.3 is 10.1 Å². The Bertz CT molecular complexity index is 938. The molecule has 0 fully saturated rings. The van der Waals surface area contributed by atoms with E-state index in [1.165, 1.54) is 6.07 Å². The molecule has 1 N–H and O–H groups in total. The molecule has 0 bridgehead atoms. The number of ether oxygens (including phenoxy) is 1. The third-order valence-electron chi connectivity index (χ3n) is 5.31. The smallest absolute Gasteiger partial charge is 0.338 e. The fourth-order valence-corrected chi connectivity index (χ4v) is 4.10. The number of nitrogens with zero attached hydrogens (tertiary/aromatic N) is 1. The fourth-order valence-electron chi connectivity index (χ4n) is 4.10. The van der Waals surface area contributed by atoms with Crippen molar-refractivity contribution in [2.45, 2.75) is 25.3 Å². The molecule has 0 spiro atoms. The molecule has 6 heteroatoms. The number of hydrogen-bond donors (Lipinski definition) is 1. The molecule has 2 aliphatic rings. The van der Waals surface area contributed by atoms with Crippen LogP contribution in [0.5, 0.6) is 0 Å². The van der Waals surface area contributed by atoms with Crippen LogP contribution in [0.3, 0.4) is 0 Å². The number of carbonyl (C=O) groups is 1. The maximum Gasteiger partial charge on any atom is 0.338 e. The van der Waals surface area contributed by atoms with Gasteiger partial charge in [0.25, 0.3) is 5.69 Å². The Morgan fingerprint density at radius 1 is 1.30 bits per heavy atom. The number of nitro benzene ring substituents is 1. The molecule has 0 radical (unpaired) electrons. The van der Waals surface area contributed by atoms with Gasteiger partial charge in [0.05, 0.1) is 23.1 Å². The number of benzene rings is 2. The van der Waals surface area contributed by atoms with E-state index < -0.39 is 0 Å². The number of anilines is 1. The van der Waals surface area contributed by atoms with Crippen LogP contribution in [0.15, 0.2) is 54.6 Å². The highest BCUT2D eigenvalue weighted by atomic mass is 16.6. The van der Waals surface area contributed by atoms with Crippen LogP contribution in [0.1, 0.15) is 46.8 Å². The molecule has 27 heavy (non-hydrogen) atoms. The van der Waals surface area contributed by atoms with Crippen LogP contribution in [-0.2, 0) is 4.74 Å². The van der Waals surface area contributed by atoms with Gasteiger partial charge in [-0.15, -0.1) is 0 Å². The van der Waals surface area contributed by atoms with Crippen molar-refractivity contribution in [2.75, 3.05) is 11.9 Å². The maximum atomic E-state index is 12.1. The quantitative estimate of drug-likeness (QED) is 0.371. The third kappa shape index (κ3) is 3.07. The van der Waals surface area contributed by atoms with Crippen molar-refractivity contribution in [2.24, 2.45) is 5.92 Å². The first kappa shape index (κ1) is 17.3. The number of esters is 1. The monoisotopic (exact) mass is 364 g/mol. The largest absolute Gasteiger partial charge is 0.462 e. The van der Waals surface area contributed by atoms with Gasteiger partial charge in [-0.2, -0.15) is 0 Å². The van der Waals surface area contributed by atoms with Gasteiger partial charge in [-0.1, -0.05) is 24.3 Å². The molecule has 1 aliphatic carbocycles. The van der Waals surface area contributed by atoms with Crippen molar-refractivity contribution in [1.82, 2.24) is 0 Å². The van der Waals surface area contributed by atoms with E-state index in [9.17, 15) is 14.9 Å². The normalized spacial score (nSPS) is 22.5. The predicted octanol–water partition coefficient (Wildman–Crippen LogP) is 4.60. The zero-order valence-corrected chi connectivity index (χ0v) is 14.9. The summed E-state index contributed by atoms with van der Waals surface area (Å²) in [6.45, 7) is 2.13. The molecule has 2 aromatic carbocycles. The summed E-state index contributed by atoms with van der Waals surface area (Å²) >= 11 is 0. The maximum absolute atomic E-state index is 12.1. The second kappa shape index (κ2) is 6.87. The van der Waals surface area contributed by atoms with E-state index >= 15 is 0 Å². The van der Waals surface area contributed by atoms with Crippen LogP contribution in [0.2, 0.25) is 0 Å². The molecule has 0 unspecified atom stereocenters. The summed E-state index contributed by atoms with van der Waals surface area (Å²) in [5.41, 5.74) is 3.57. The minimum atomic E-state index is -0.365. The van der Waals surface area contributed by atoms with E-state index in [2.05, 4.69) is 17.5 Å². The molecule has 2 aromatic rings. The Morgan fingerprint density at radius 3 is 2.93 bits per heavy atom. The molecular formula is C21H20N2O4. The zero-order chi connectivity index (χ0) is 19.0. The summed E-state index contributed by atoms with van der Waals surface area (Å²) in [5.74, 6) is 0.0940. The van der Waals surface area contributed by atoms with Gasteiger partial charge in [0.2, 0.25) is 0 Å². The highest BCUT2D eigenvalue weighted by Crippen LogP contribution is 2.50. The van der Waals surface area contributed by atoms with Gasteiger partial charge in [-0.05, 0) is 48.6 Å². The van der Waals surface area contributed by atoms with Gasteiger partial charge in [0.1, 0.15) is 0 Å². The van der Waals surface area contributed by atoms with Gasteiger partial charge >= 0.3 is 5.97 Å². The number of rotatable bonds is 4. The molecule has 0 amide bonds. The van der Waals surface area contributed by atoms with Gasteiger partial charge in [-0.25, -0.2) is 4.79 Å². The lowest BCUT2D eigenvalue weighted by atomic mass is 9.76. The van der Waals surface area contributed by atoms with Crippen molar-refractivity contribution in [3.8, 4) is 0 Å². The zero-order valence-electron chi connectivity index (χ0n) is 14.9. The topological polar surface area (TPSA) is 81.5 Å². The van der Waals surface area contributed by atoms with Crippen molar-refractivity contribution >= 4 is 17.3 Å². The predicted molar refractivity (Wildman–Crippen MR) is 102 cm³/mol.